The second-order valence-electron chi connectivity index (χ2n) is 7.51. The van der Waals surface area contributed by atoms with Crippen molar-refractivity contribution in [3.63, 3.8) is 0 Å². The first-order valence-corrected chi connectivity index (χ1v) is 10.1. The van der Waals surface area contributed by atoms with E-state index in [-0.39, 0.29) is 11.9 Å². The van der Waals surface area contributed by atoms with Crippen molar-refractivity contribution < 1.29 is 13.6 Å². The molecule has 7 nitrogen and oxygen atoms in total. The Morgan fingerprint density at radius 2 is 1.77 bits per heavy atom. The predicted octanol–water partition coefficient (Wildman–Crippen LogP) is 3.82. The number of hydrogen-bond donors (Lipinski definition) is 1. The Kier molecular flexibility index (Phi) is 5.03. The molecule has 4 aromatic rings. The summed E-state index contributed by atoms with van der Waals surface area (Å²) >= 11 is 0. The Bertz CT molecular complexity index is 1200. The molecule has 1 N–H and O–H groups in total. The number of benzene rings is 1. The molecule has 0 aliphatic carbocycles. The normalized spacial score (nSPS) is 14.7. The average molecular weight is 417 g/mol. The van der Waals surface area contributed by atoms with Crippen LogP contribution in [0.15, 0.2) is 65.7 Å². The van der Waals surface area contributed by atoms with Gasteiger partial charge in [0, 0.05) is 41.8 Å². The van der Waals surface area contributed by atoms with E-state index in [4.69, 9.17) is 4.42 Å². The lowest BCUT2D eigenvalue weighted by atomic mass is 10.0. The Morgan fingerprint density at radius 1 is 1.03 bits per heavy atom. The van der Waals surface area contributed by atoms with Crippen LogP contribution in [0, 0.1) is 5.82 Å². The molecule has 3 aromatic heterocycles. The van der Waals surface area contributed by atoms with Gasteiger partial charge in [-0.25, -0.2) is 14.4 Å². The maximum atomic E-state index is 13.0. The molecule has 1 amide bonds. The van der Waals surface area contributed by atoms with E-state index >= 15 is 0 Å². The zero-order valence-electron chi connectivity index (χ0n) is 16.7. The number of hydrogen-bond acceptors (Lipinski definition) is 6. The van der Waals surface area contributed by atoms with Gasteiger partial charge in [-0.05, 0) is 37.1 Å². The molecule has 0 atom stereocenters. The van der Waals surface area contributed by atoms with Crippen LogP contribution in [0.2, 0.25) is 0 Å². The second-order valence-corrected chi connectivity index (χ2v) is 7.51. The van der Waals surface area contributed by atoms with Crippen molar-refractivity contribution in [1.82, 2.24) is 20.3 Å². The van der Waals surface area contributed by atoms with Crippen molar-refractivity contribution >= 4 is 22.8 Å². The fraction of sp³-hybridized carbons (Fsp3) is 0.217. The van der Waals surface area contributed by atoms with E-state index in [9.17, 15) is 9.18 Å². The number of piperidine rings is 1. The highest BCUT2D eigenvalue weighted by Gasteiger charge is 2.22. The van der Waals surface area contributed by atoms with Gasteiger partial charge in [0.15, 0.2) is 5.82 Å². The predicted molar refractivity (Wildman–Crippen MR) is 114 cm³/mol. The van der Waals surface area contributed by atoms with Crippen LogP contribution in [0.25, 0.3) is 22.2 Å². The van der Waals surface area contributed by atoms with Crippen LogP contribution >= 0.6 is 0 Å². The number of fused-ring (bicyclic) bond motifs is 1. The van der Waals surface area contributed by atoms with Crippen LogP contribution < -0.4 is 10.2 Å². The summed E-state index contributed by atoms with van der Waals surface area (Å²) in [6.07, 6.45) is 7.25. The molecule has 1 aliphatic rings. The van der Waals surface area contributed by atoms with Crippen LogP contribution in [0.3, 0.4) is 0 Å². The summed E-state index contributed by atoms with van der Waals surface area (Å²) in [6.45, 7) is 1.41. The fourth-order valence-electron chi connectivity index (χ4n) is 3.87. The van der Waals surface area contributed by atoms with Crippen molar-refractivity contribution in [2.45, 2.75) is 18.9 Å². The summed E-state index contributed by atoms with van der Waals surface area (Å²) in [6, 6.07) is 11.2. The van der Waals surface area contributed by atoms with Gasteiger partial charge in [-0.2, -0.15) is 0 Å². The van der Waals surface area contributed by atoms with E-state index < -0.39 is 5.82 Å². The first-order chi connectivity index (χ1) is 15.2. The third-order valence-electron chi connectivity index (χ3n) is 5.52. The third-order valence-corrected chi connectivity index (χ3v) is 5.52. The smallest absolute Gasteiger partial charge is 0.251 e. The third kappa shape index (κ3) is 3.96. The summed E-state index contributed by atoms with van der Waals surface area (Å²) in [5, 5.41) is 4.05. The van der Waals surface area contributed by atoms with Crippen LogP contribution in [0.4, 0.5) is 10.3 Å². The maximum Gasteiger partial charge on any atom is 0.251 e. The van der Waals surface area contributed by atoms with Crippen LogP contribution in [-0.2, 0) is 0 Å². The fourth-order valence-corrected chi connectivity index (χ4v) is 3.87. The Labute approximate surface area is 178 Å². The topological polar surface area (TPSA) is 84.2 Å². The van der Waals surface area contributed by atoms with Gasteiger partial charge in [0.25, 0.3) is 5.91 Å². The van der Waals surface area contributed by atoms with Gasteiger partial charge in [-0.1, -0.05) is 12.1 Å². The number of anilines is 1. The SMILES string of the molecule is O=C(NC1CCN(c2ncc(F)cn2)CC1)c1ccc(-c2nccc3occc23)cc1. The summed E-state index contributed by atoms with van der Waals surface area (Å²) in [5.41, 5.74) is 3.14. The molecule has 8 heteroatoms. The van der Waals surface area contributed by atoms with E-state index in [1.54, 1.807) is 12.5 Å². The Balaban J connectivity index is 1.21. The molecule has 1 aromatic carbocycles. The van der Waals surface area contributed by atoms with Crippen LogP contribution in [-0.4, -0.2) is 40.0 Å². The Hall–Kier alpha value is -3.81. The number of amides is 1. The lowest BCUT2D eigenvalue weighted by Gasteiger charge is -2.32. The quantitative estimate of drug-likeness (QED) is 0.543. The molecular formula is C23H20FN5O2. The second kappa shape index (κ2) is 8.14. The summed E-state index contributed by atoms with van der Waals surface area (Å²) in [7, 11) is 0. The van der Waals surface area contributed by atoms with Crippen molar-refractivity contribution in [2.75, 3.05) is 18.0 Å². The molecule has 31 heavy (non-hydrogen) atoms. The van der Waals surface area contributed by atoms with E-state index in [0.717, 1.165) is 35.1 Å². The number of carbonyl (C=O) groups excluding carboxylic acids is 1. The highest BCUT2D eigenvalue weighted by molar-refractivity contribution is 5.96. The lowest BCUT2D eigenvalue weighted by molar-refractivity contribution is 0.0931. The molecule has 156 valence electrons. The highest BCUT2D eigenvalue weighted by atomic mass is 19.1. The summed E-state index contributed by atoms with van der Waals surface area (Å²) in [5.74, 6) is -0.0327. The number of nitrogens with zero attached hydrogens (tertiary/aromatic N) is 4. The molecular weight excluding hydrogens is 397 g/mol. The Morgan fingerprint density at radius 3 is 2.52 bits per heavy atom. The van der Waals surface area contributed by atoms with Gasteiger partial charge in [0.1, 0.15) is 5.58 Å². The number of furan rings is 1. The average Bonchev–Trinajstić information content (AvgIpc) is 3.29. The van der Waals surface area contributed by atoms with E-state index in [2.05, 4.69) is 20.3 Å². The van der Waals surface area contributed by atoms with Crippen molar-refractivity contribution in [1.29, 1.82) is 0 Å². The highest BCUT2D eigenvalue weighted by Crippen LogP contribution is 2.27. The molecule has 1 saturated heterocycles. The number of halogens is 1. The minimum Gasteiger partial charge on any atom is -0.464 e. The van der Waals surface area contributed by atoms with Crippen molar-refractivity contribution in [2.24, 2.45) is 0 Å². The first kappa shape index (κ1) is 19.2. The van der Waals surface area contributed by atoms with Crippen molar-refractivity contribution in [3.05, 3.63) is 72.6 Å². The largest absolute Gasteiger partial charge is 0.464 e. The van der Waals surface area contributed by atoms with E-state index in [0.29, 0.717) is 24.6 Å². The molecule has 1 fully saturated rings. The molecule has 5 rings (SSSR count). The molecule has 0 spiro atoms. The minimum atomic E-state index is -0.450. The number of aromatic nitrogens is 3. The lowest BCUT2D eigenvalue weighted by Crippen LogP contribution is -2.45. The first-order valence-electron chi connectivity index (χ1n) is 10.1. The van der Waals surface area contributed by atoms with Gasteiger partial charge >= 0.3 is 0 Å². The van der Waals surface area contributed by atoms with Gasteiger partial charge in [-0.15, -0.1) is 0 Å². The zero-order valence-corrected chi connectivity index (χ0v) is 16.7. The number of nitrogens with one attached hydrogen (secondary N) is 1. The van der Waals surface area contributed by atoms with Gasteiger partial charge in [-0.3, -0.25) is 9.78 Å². The standard InChI is InChI=1S/C23H20FN5O2/c24-17-13-26-23(27-14-17)29-10-6-18(7-11-29)28-22(30)16-3-1-15(2-4-16)21-19-8-12-31-20(19)5-9-25-21/h1-5,8-9,12-14,18H,6-7,10-11H2,(H,28,30). The van der Waals surface area contributed by atoms with Crippen molar-refractivity contribution in [3.8, 4) is 11.3 Å². The molecule has 1 aliphatic heterocycles. The van der Waals surface area contributed by atoms with Crippen LogP contribution in [0.1, 0.15) is 23.2 Å². The molecule has 0 radical (unpaired) electrons. The summed E-state index contributed by atoms with van der Waals surface area (Å²) < 4.78 is 18.4. The molecule has 0 unspecified atom stereocenters. The zero-order chi connectivity index (χ0) is 21.2. The monoisotopic (exact) mass is 417 g/mol. The van der Waals surface area contributed by atoms with Gasteiger partial charge in [0.2, 0.25) is 5.95 Å². The van der Waals surface area contributed by atoms with Gasteiger partial charge < -0.3 is 14.6 Å². The van der Waals surface area contributed by atoms with E-state index in [1.165, 1.54) is 12.4 Å². The number of pyridine rings is 1. The minimum absolute atomic E-state index is 0.0743. The number of carbonyl (C=O) groups is 1. The molecule has 0 saturated carbocycles. The number of rotatable bonds is 4. The maximum absolute atomic E-state index is 13.0. The molecule has 4 heterocycles. The summed E-state index contributed by atoms with van der Waals surface area (Å²) in [4.78, 5) is 27.2. The molecule has 0 bridgehead atoms. The van der Waals surface area contributed by atoms with Gasteiger partial charge in [0.05, 0.1) is 24.4 Å². The van der Waals surface area contributed by atoms with Crippen LogP contribution in [0.5, 0.6) is 0 Å². The van der Waals surface area contributed by atoms with E-state index in [1.807, 2.05) is 41.3 Å².